The van der Waals surface area contributed by atoms with Crippen LogP contribution in [0.1, 0.15) is 29.6 Å². The van der Waals surface area contributed by atoms with Gasteiger partial charge in [0.2, 0.25) is 0 Å². The number of carbonyl (C=O) groups is 1. The van der Waals surface area contributed by atoms with E-state index in [1.165, 1.54) is 4.57 Å². The maximum Gasteiger partial charge on any atom is 0.262 e. The number of nitrogens with one attached hydrogen (secondary N) is 2. The quantitative estimate of drug-likeness (QED) is 0.388. The number of anilines is 2. The first kappa shape index (κ1) is 22.5. The van der Waals surface area contributed by atoms with Gasteiger partial charge < -0.3 is 19.9 Å². The lowest BCUT2D eigenvalue weighted by atomic mass is 10.1. The molecule has 0 unspecified atom stereocenters. The van der Waals surface area contributed by atoms with Crippen LogP contribution < -0.4 is 15.8 Å². The minimum Gasteiger partial charge on any atom is -0.385 e. The smallest absolute Gasteiger partial charge is 0.262 e. The minimum absolute atomic E-state index is 0.182. The van der Waals surface area contributed by atoms with Gasteiger partial charge in [-0.1, -0.05) is 11.6 Å². The fourth-order valence-electron chi connectivity index (χ4n) is 4.00. The van der Waals surface area contributed by atoms with Gasteiger partial charge >= 0.3 is 0 Å². The number of H-pyrrole nitrogens is 1. The minimum atomic E-state index is -0.279. The molecule has 7 nitrogen and oxygen atoms in total. The lowest BCUT2D eigenvalue weighted by Crippen LogP contribution is -2.23. The van der Waals surface area contributed by atoms with E-state index in [4.69, 9.17) is 28.6 Å². The first-order valence-electron chi connectivity index (χ1n) is 10.6. The van der Waals surface area contributed by atoms with E-state index < -0.39 is 0 Å². The number of aromatic nitrogens is 2. The van der Waals surface area contributed by atoms with Crippen LogP contribution in [0.4, 0.5) is 11.4 Å². The third-order valence-corrected chi connectivity index (χ3v) is 6.19. The summed E-state index contributed by atoms with van der Waals surface area (Å²) in [6, 6.07) is 10.5. The third kappa shape index (κ3) is 4.72. The highest BCUT2D eigenvalue weighted by atomic mass is 35.5. The lowest BCUT2D eigenvalue weighted by Gasteiger charge is -2.22. The number of methoxy groups -OCH3 is 1. The highest BCUT2D eigenvalue weighted by Crippen LogP contribution is 2.32. The maximum atomic E-state index is 13.0. The van der Waals surface area contributed by atoms with Crippen LogP contribution in [-0.4, -0.2) is 42.3 Å². The summed E-state index contributed by atoms with van der Waals surface area (Å²) in [5.41, 5.74) is 2.40. The van der Waals surface area contributed by atoms with Crippen molar-refractivity contribution < 1.29 is 9.53 Å². The summed E-state index contributed by atoms with van der Waals surface area (Å²) in [5, 5.41) is 4.02. The number of halogens is 1. The summed E-state index contributed by atoms with van der Waals surface area (Å²) in [4.78, 5) is 31.2. The van der Waals surface area contributed by atoms with Gasteiger partial charge in [0.05, 0.1) is 22.3 Å². The van der Waals surface area contributed by atoms with Crippen molar-refractivity contribution in [3.05, 3.63) is 62.1 Å². The molecule has 0 aliphatic carbocycles. The van der Waals surface area contributed by atoms with Gasteiger partial charge in [0.25, 0.3) is 11.5 Å². The molecule has 0 radical (unpaired) electrons. The van der Waals surface area contributed by atoms with Crippen LogP contribution in [0.15, 0.2) is 41.2 Å². The van der Waals surface area contributed by atoms with E-state index in [0.29, 0.717) is 51.5 Å². The van der Waals surface area contributed by atoms with Gasteiger partial charge in [-0.2, -0.15) is 0 Å². The molecule has 1 aromatic heterocycles. The summed E-state index contributed by atoms with van der Waals surface area (Å²) < 4.78 is 6.89. The van der Waals surface area contributed by atoms with Crippen LogP contribution >= 0.6 is 23.8 Å². The molecule has 0 atom stereocenters. The fraction of sp³-hybridized carbons (Fsp3) is 0.348. The van der Waals surface area contributed by atoms with Crippen LogP contribution in [-0.2, 0) is 11.3 Å². The second kappa shape index (κ2) is 9.85. The average molecular weight is 473 g/mol. The molecule has 32 heavy (non-hydrogen) atoms. The molecule has 9 heteroatoms. The Bertz CT molecular complexity index is 1260. The Morgan fingerprint density at radius 2 is 2.00 bits per heavy atom. The molecule has 1 saturated heterocycles. The maximum absolute atomic E-state index is 13.0. The second-order valence-corrected chi connectivity index (χ2v) is 8.63. The number of nitrogens with zero attached hydrogens (tertiary/aromatic N) is 2. The van der Waals surface area contributed by atoms with Gasteiger partial charge in [-0.3, -0.25) is 14.2 Å². The zero-order valence-electron chi connectivity index (χ0n) is 17.8. The van der Waals surface area contributed by atoms with Crippen LogP contribution in [0.2, 0.25) is 5.02 Å². The van der Waals surface area contributed by atoms with Crippen molar-refractivity contribution in [2.24, 2.45) is 0 Å². The van der Waals surface area contributed by atoms with E-state index in [9.17, 15) is 9.59 Å². The second-order valence-electron chi connectivity index (χ2n) is 7.80. The van der Waals surface area contributed by atoms with Crippen molar-refractivity contribution in [1.82, 2.24) is 9.55 Å². The molecular formula is C23H25ClN4O3S. The predicted octanol–water partition coefficient (Wildman–Crippen LogP) is 4.60. The zero-order valence-corrected chi connectivity index (χ0v) is 19.4. The molecule has 2 N–H and O–H groups in total. The monoisotopic (exact) mass is 472 g/mol. The molecule has 4 rings (SSSR count). The summed E-state index contributed by atoms with van der Waals surface area (Å²) in [5.74, 6) is -0.279. The van der Waals surface area contributed by atoms with Gasteiger partial charge in [0.1, 0.15) is 0 Å². The van der Waals surface area contributed by atoms with Crippen LogP contribution in [0.25, 0.3) is 10.9 Å². The van der Waals surface area contributed by atoms with Crippen LogP contribution in [0.3, 0.4) is 0 Å². The number of carbonyl (C=O) groups excluding carboxylic acids is 1. The molecule has 1 aliphatic rings. The van der Waals surface area contributed by atoms with Crippen molar-refractivity contribution in [1.29, 1.82) is 0 Å². The summed E-state index contributed by atoms with van der Waals surface area (Å²) >= 11 is 11.6. The number of rotatable bonds is 7. The van der Waals surface area contributed by atoms with Crippen molar-refractivity contribution in [3.8, 4) is 0 Å². The Morgan fingerprint density at radius 3 is 2.75 bits per heavy atom. The summed E-state index contributed by atoms with van der Waals surface area (Å²) in [6.45, 7) is 2.91. The fourth-order valence-corrected chi connectivity index (χ4v) is 4.46. The van der Waals surface area contributed by atoms with Gasteiger partial charge in [-0.15, -0.1) is 0 Å². The van der Waals surface area contributed by atoms with E-state index in [1.807, 2.05) is 12.1 Å². The Labute approximate surface area is 196 Å². The molecule has 1 amide bonds. The van der Waals surface area contributed by atoms with Crippen molar-refractivity contribution in [2.75, 3.05) is 37.0 Å². The Kier molecular flexibility index (Phi) is 6.93. The normalized spacial score (nSPS) is 13.6. The van der Waals surface area contributed by atoms with Gasteiger partial charge in [-0.25, -0.2) is 0 Å². The van der Waals surface area contributed by atoms with Crippen LogP contribution in [0, 0.1) is 4.77 Å². The van der Waals surface area contributed by atoms with Crippen molar-refractivity contribution >= 4 is 52.0 Å². The number of hydrogen-bond donors (Lipinski definition) is 2. The van der Waals surface area contributed by atoms with Crippen molar-refractivity contribution in [3.63, 3.8) is 0 Å². The Hall–Kier alpha value is -2.68. The highest BCUT2D eigenvalue weighted by Gasteiger charge is 2.18. The SMILES string of the molecule is COCCCn1c(=S)[nH]c2cc(C(=O)Nc3cc(Cl)ccc3N3CCCC3)ccc2c1=O. The number of ether oxygens (including phenoxy) is 1. The molecule has 2 aromatic carbocycles. The first-order valence-corrected chi connectivity index (χ1v) is 11.4. The third-order valence-electron chi connectivity index (χ3n) is 5.63. The van der Waals surface area contributed by atoms with Gasteiger partial charge in [-0.05, 0) is 67.9 Å². The van der Waals surface area contributed by atoms with E-state index in [-0.39, 0.29) is 11.5 Å². The predicted molar refractivity (Wildman–Crippen MR) is 131 cm³/mol. The number of benzene rings is 2. The Balaban J connectivity index is 1.62. The molecule has 3 aromatic rings. The molecule has 2 heterocycles. The van der Waals surface area contributed by atoms with E-state index in [0.717, 1.165) is 31.6 Å². The number of hydrogen-bond acceptors (Lipinski definition) is 5. The molecule has 168 valence electrons. The largest absolute Gasteiger partial charge is 0.385 e. The molecule has 1 aliphatic heterocycles. The lowest BCUT2D eigenvalue weighted by molar-refractivity contribution is 0.102. The van der Waals surface area contributed by atoms with Gasteiger partial charge in [0.15, 0.2) is 4.77 Å². The highest BCUT2D eigenvalue weighted by molar-refractivity contribution is 7.71. The molecule has 0 saturated carbocycles. The molecular weight excluding hydrogens is 448 g/mol. The van der Waals surface area contributed by atoms with E-state index in [2.05, 4.69) is 15.2 Å². The van der Waals surface area contributed by atoms with Gasteiger partial charge in [0, 0.05) is 43.9 Å². The number of aromatic amines is 1. The first-order chi connectivity index (χ1) is 15.5. The Morgan fingerprint density at radius 1 is 1.22 bits per heavy atom. The zero-order chi connectivity index (χ0) is 22.7. The molecule has 1 fully saturated rings. The van der Waals surface area contributed by atoms with Crippen molar-refractivity contribution in [2.45, 2.75) is 25.8 Å². The average Bonchev–Trinajstić information content (AvgIpc) is 3.30. The topological polar surface area (TPSA) is 79.4 Å². The summed E-state index contributed by atoms with van der Waals surface area (Å²) in [6.07, 6.45) is 2.94. The van der Waals surface area contributed by atoms with Crippen LogP contribution in [0.5, 0.6) is 0 Å². The standard InChI is InChI=1S/C23H25ClN4O3S/c1-31-12-4-11-28-22(30)17-7-5-15(13-18(17)26-23(28)32)21(29)25-19-14-16(24)6-8-20(19)27-9-2-3-10-27/h5-8,13-14H,2-4,9-12H2,1H3,(H,25,29)(H,26,32). The van der Waals surface area contributed by atoms with E-state index >= 15 is 0 Å². The number of fused-ring (bicyclic) bond motifs is 1. The van der Waals surface area contributed by atoms with E-state index in [1.54, 1.807) is 31.4 Å². The molecule has 0 spiro atoms. The number of amides is 1. The summed E-state index contributed by atoms with van der Waals surface area (Å²) in [7, 11) is 1.62. The molecule has 0 bridgehead atoms.